The van der Waals surface area contributed by atoms with Crippen molar-refractivity contribution in [2.45, 2.75) is 25.3 Å². The number of likely N-dealkylation sites (N-methyl/N-ethyl adjacent to an activating group) is 1. The van der Waals surface area contributed by atoms with Crippen molar-refractivity contribution < 1.29 is 14.3 Å². The van der Waals surface area contributed by atoms with Gasteiger partial charge in [0.1, 0.15) is 0 Å². The molecule has 118 valence electrons. The van der Waals surface area contributed by atoms with Gasteiger partial charge in [-0.1, -0.05) is 0 Å². The Balaban J connectivity index is 1.56. The highest BCUT2D eigenvalue weighted by Crippen LogP contribution is 2.48. The molecule has 3 aliphatic rings. The molecule has 1 aliphatic heterocycles. The molecule has 0 aromatic heterocycles. The number of rotatable bonds is 3. The predicted molar refractivity (Wildman–Crippen MR) is 77.3 cm³/mol. The van der Waals surface area contributed by atoms with Gasteiger partial charge < -0.3 is 20.3 Å². The topological polar surface area (TPSA) is 75.9 Å². The van der Waals surface area contributed by atoms with Gasteiger partial charge in [0.05, 0.1) is 25.7 Å². The lowest BCUT2D eigenvalue weighted by atomic mass is 9.84. The summed E-state index contributed by atoms with van der Waals surface area (Å²) in [6.07, 6.45) is 3.36. The Labute approximate surface area is 125 Å². The standard InChI is InChI=1S/C15H25N3O3/c1-17(9-12(19)18-4-6-21-7-5-18)15(20)13-10-2-3-11(8-10)14(13)16/h10-11,13-14H,2-9,16H2,1H3. The van der Waals surface area contributed by atoms with Gasteiger partial charge in [-0.25, -0.2) is 0 Å². The second-order valence-electron chi connectivity index (χ2n) is 6.62. The molecule has 6 heteroatoms. The van der Waals surface area contributed by atoms with Crippen LogP contribution in [-0.4, -0.2) is 67.6 Å². The minimum absolute atomic E-state index is 0.00544. The Hall–Kier alpha value is -1.14. The van der Waals surface area contributed by atoms with Crippen molar-refractivity contribution in [2.24, 2.45) is 23.5 Å². The first-order valence-corrected chi connectivity index (χ1v) is 7.94. The number of hydrogen-bond donors (Lipinski definition) is 1. The van der Waals surface area contributed by atoms with Gasteiger partial charge in [0, 0.05) is 26.2 Å². The van der Waals surface area contributed by atoms with E-state index in [-0.39, 0.29) is 30.3 Å². The van der Waals surface area contributed by atoms with Gasteiger partial charge in [0.25, 0.3) is 0 Å². The molecule has 4 atom stereocenters. The summed E-state index contributed by atoms with van der Waals surface area (Å²) in [4.78, 5) is 28.2. The number of nitrogens with two attached hydrogens (primary N) is 1. The van der Waals surface area contributed by atoms with Gasteiger partial charge in [-0.15, -0.1) is 0 Å². The third-order valence-electron chi connectivity index (χ3n) is 5.38. The number of carbonyl (C=O) groups is 2. The van der Waals surface area contributed by atoms with Crippen LogP contribution in [0.5, 0.6) is 0 Å². The summed E-state index contributed by atoms with van der Waals surface area (Å²) in [5.74, 6) is 0.916. The molecule has 2 saturated carbocycles. The first kappa shape index (κ1) is 14.8. The van der Waals surface area contributed by atoms with E-state index < -0.39 is 0 Å². The zero-order chi connectivity index (χ0) is 15.0. The molecule has 2 aliphatic carbocycles. The highest BCUT2D eigenvalue weighted by atomic mass is 16.5. The van der Waals surface area contributed by atoms with Crippen LogP contribution in [0.3, 0.4) is 0 Å². The average molecular weight is 295 g/mol. The minimum atomic E-state index is -0.0776. The predicted octanol–water partition coefficient (Wildman–Crippen LogP) is -0.323. The quantitative estimate of drug-likeness (QED) is 0.774. The third-order valence-corrected chi connectivity index (χ3v) is 5.38. The van der Waals surface area contributed by atoms with E-state index in [4.69, 9.17) is 10.5 Å². The van der Waals surface area contributed by atoms with Crippen LogP contribution in [0.1, 0.15) is 19.3 Å². The normalized spacial score (nSPS) is 35.0. The summed E-state index contributed by atoms with van der Waals surface area (Å²) in [5, 5.41) is 0. The molecular weight excluding hydrogens is 270 g/mol. The van der Waals surface area contributed by atoms with Crippen LogP contribution < -0.4 is 5.73 Å². The van der Waals surface area contributed by atoms with Crippen LogP contribution in [0.2, 0.25) is 0 Å². The maximum Gasteiger partial charge on any atom is 0.242 e. The third kappa shape index (κ3) is 2.79. The minimum Gasteiger partial charge on any atom is -0.378 e. The zero-order valence-corrected chi connectivity index (χ0v) is 12.7. The summed E-state index contributed by atoms with van der Waals surface area (Å²) in [7, 11) is 1.72. The molecule has 1 heterocycles. The van der Waals surface area contributed by atoms with Crippen molar-refractivity contribution in [1.29, 1.82) is 0 Å². The molecule has 4 unspecified atom stereocenters. The maximum atomic E-state index is 12.6. The monoisotopic (exact) mass is 295 g/mol. The second kappa shape index (κ2) is 5.93. The van der Waals surface area contributed by atoms with E-state index in [1.807, 2.05) is 0 Å². The van der Waals surface area contributed by atoms with Crippen molar-refractivity contribution in [3.8, 4) is 0 Å². The van der Waals surface area contributed by atoms with Crippen LogP contribution in [0, 0.1) is 17.8 Å². The first-order chi connectivity index (χ1) is 10.1. The van der Waals surface area contributed by atoms with Crippen molar-refractivity contribution in [3.05, 3.63) is 0 Å². The summed E-state index contributed by atoms with van der Waals surface area (Å²) in [6, 6.07) is -0.0165. The lowest BCUT2D eigenvalue weighted by Crippen LogP contribution is -2.50. The second-order valence-corrected chi connectivity index (χ2v) is 6.62. The molecule has 0 aromatic carbocycles. The Morgan fingerprint density at radius 3 is 2.52 bits per heavy atom. The van der Waals surface area contributed by atoms with E-state index in [0.717, 1.165) is 19.3 Å². The molecule has 3 fully saturated rings. The largest absolute Gasteiger partial charge is 0.378 e. The molecule has 1 saturated heterocycles. The van der Waals surface area contributed by atoms with Gasteiger partial charge in [0.2, 0.25) is 11.8 Å². The highest BCUT2D eigenvalue weighted by molar-refractivity contribution is 5.86. The number of fused-ring (bicyclic) bond motifs is 2. The molecule has 0 radical (unpaired) electrons. The average Bonchev–Trinajstić information content (AvgIpc) is 3.08. The number of morpholine rings is 1. The fraction of sp³-hybridized carbons (Fsp3) is 0.867. The maximum absolute atomic E-state index is 12.6. The molecule has 0 aromatic rings. The van der Waals surface area contributed by atoms with Gasteiger partial charge in [-0.3, -0.25) is 9.59 Å². The lowest BCUT2D eigenvalue weighted by Gasteiger charge is -2.32. The van der Waals surface area contributed by atoms with Crippen LogP contribution in [0.4, 0.5) is 0 Å². The van der Waals surface area contributed by atoms with Crippen molar-refractivity contribution in [2.75, 3.05) is 39.9 Å². The number of hydrogen-bond acceptors (Lipinski definition) is 4. The van der Waals surface area contributed by atoms with E-state index in [2.05, 4.69) is 0 Å². The number of carbonyl (C=O) groups excluding carboxylic acids is 2. The lowest BCUT2D eigenvalue weighted by molar-refractivity contribution is -0.144. The molecule has 2 amide bonds. The van der Waals surface area contributed by atoms with Crippen molar-refractivity contribution in [1.82, 2.24) is 9.80 Å². The Morgan fingerprint density at radius 1 is 1.24 bits per heavy atom. The Kier molecular flexibility index (Phi) is 4.17. The van der Waals surface area contributed by atoms with E-state index >= 15 is 0 Å². The molecule has 3 rings (SSSR count). The smallest absolute Gasteiger partial charge is 0.242 e. The molecule has 6 nitrogen and oxygen atoms in total. The van der Waals surface area contributed by atoms with E-state index in [9.17, 15) is 9.59 Å². The zero-order valence-electron chi connectivity index (χ0n) is 12.7. The molecule has 2 bridgehead atoms. The summed E-state index contributed by atoms with van der Waals surface area (Å²) >= 11 is 0. The van der Waals surface area contributed by atoms with Gasteiger partial charge in [0.15, 0.2) is 0 Å². The van der Waals surface area contributed by atoms with E-state index in [0.29, 0.717) is 38.1 Å². The van der Waals surface area contributed by atoms with Crippen molar-refractivity contribution in [3.63, 3.8) is 0 Å². The number of amides is 2. The van der Waals surface area contributed by atoms with Crippen LogP contribution in [-0.2, 0) is 14.3 Å². The summed E-state index contributed by atoms with van der Waals surface area (Å²) in [5.41, 5.74) is 6.22. The molecule has 21 heavy (non-hydrogen) atoms. The highest BCUT2D eigenvalue weighted by Gasteiger charge is 2.49. The van der Waals surface area contributed by atoms with E-state index in [1.54, 1.807) is 16.8 Å². The summed E-state index contributed by atoms with van der Waals surface area (Å²) < 4.78 is 5.24. The van der Waals surface area contributed by atoms with Gasteiger partial charge in [-0.2, -0.15) is 0 Å². The molecular formula is C15H25N3O3. The van der Waals surface area contributed by atoms with Crippen LogP contribution in [0.15, 0.2) is 0 Å². The fourth-order valence-corrected chi connectivity index (χ4v) is 4.15. The van der Waals surface area contributed by atoms with Crippen molar-refractivity contribution >= 4 is 11.8 Å². The van der Waals surface area contributed by atoms with E-state index in [1.165, 1.54) is 0 Å². The first-order valence-electron chi connectivity index (χ1n) is 7.94. The number of ether oxygens (including phenoxy) is 1. The van der Waals surface area contributed by atoms with Gasteiger partial charge >= 0.3 is 0 Å². The molecule has 0 spiro atoms. The van der Waals surface area contributed by atoms with Gasteiger partial charge in [-0.05, 0) is 31.1 Å². The Bertz CT molecular complexity index is 420. The fourth-order valence-electron chi connectivity index (χ4n) is 4.15. The SMILES string of the molecule is CN(CC(=O)N1CCOCC1)C(=O)C1C2CCC(C2)C1N. The van der Waals surface area contributed by atoms with Crippen LogP contribution in [0.25, 0.3) is 0 Å². The van der Waals surface area contributed by atoms with Crippen LogP contribution >= 0.6 is 0 Å². The number of nitrogens with zero attached hydrogens (tertiary/aromatic N) is 2. The Morgan fingerprint density at radius 2 is 1.90 bits per heavy atom. The summed E-state index contributed by atoms with van der Waals surface area (Å²) in [6.45, 7) is 2.56. The molecule has 2 N–H and O–H groups in total.